The number of ketones is 2. The number of nitrogens with one attached hydrogen (secondary N) is 1. The molecule has 0 aliphatic carbocycles. The number of hydrogen-bond acceptors (Lipinski definition) is 5. The van der Waals surface area contributed by atoms with Gasteiger partial charge in [-0.05, 0) is 48.9 Å². The van der Waals surface area contributed by atoms with E-state index in [1.807, 2.05) is 30.3 Å². The summed E-state index contributed by atoms with van der Waals surface area (Å²) in [5, 5.41) is 2.88. The number of benzene rings is 3. The molecule has 0 saturated heterocycles. The largest absolute Gasteiger partial charge is 0.360 e. The summed E-state index contributed by atoms with van der Waals surface area (Å²) < 4.78 is 28.1. The van der Waals surface area contributed by atoms with E-state index in [1.54, 1.807) is 48.5 Å². The standard InChI is InChI=1S/C24H20N2O4S/c1-17(27)19-11-13-20(14-12-19)25-15-23-24(28)21-9-5-6-10-22(21)26(31(23,29)30)16-18-7-3-2-4-8-18/h2-15,25H,16H2,1H3. The molecule has 0 radical (unpaired) electrons. The van der Waals surface area contributed by atoms with Gasteiger partial charge >= 0.3 is 0 Å². The Morgan fingerprint density at radius 3 is 2.26 bits per heavy atom. The van der Waals surface area contributed by atoms with Crippen LogP contribution in [0.1, 0.15) is 33.2 Å². The molecule has 4 rings (SSSR count). The van der Waals surface area contributed by atoms with Crippen LogP contribution in [0.3, 0.4) is 0 Å². The number of anilines is 2. The van der Waals surface area contributed by atoms with Gasteiger partial charge < -0.3 is 5.32 Å². The molecule has 0 bridgehead atoms. The zero-order valence-electron chi connectivity index (χ0n) is 16.8. The Bertz CT molecular complexity index is 1280. The lowest BCUT2D eigenvalue weighted by Crippen LogP contribution is -2.39. The summed E-state index contributed by atoms with van der Waals surface area (Å²) in [6.07, 6.45) is 1.22. The first-order valence-corrected chi connectivity index (χ1v) is 11.1. The molecule has 0 aromatic heterocycles. The number of carbonyl (C=O) groups excluding carboxylic acids is 2. The van der Waals surface area contributed by atoms with E-state index in [0.717, 1.165) is 5.56 Å². The maximum atomic E-state index is 13.4. The lowest BCUT2D eigenvalue weighted by Gasteiger charge is -2.31. The van der Waals surface area contributed by atoms with Gasteiger partial charge in [0.2, 0.25) is 5.78 Å². The Labute approximate surface area is 180 Å². The van der Waals surface area contributed by atoms with Crippen LogP contribution in [-0.4, -0.2) is 20.0 Å². The number of Topliss-reactive ketones (excluding diaryl/α,β-unsaturated/α-hetero) is 2. The normalized spacial score (nSPS) is 16.1. The minimum Gasteiger partial charge on any atom is -0.360 e. The quantitative estimate of drug-likeness (QED) is 0.478. The van der Waals surface area contributed by atoms with Crippen LogP contribution < -0.4 is 9.62 Å². The second-order valence-corrected chi connectivity index (χ2v) is 8.96. The zero-order chi connectivity index (χ0) is 22.0. The Morgan fingerprint density at radius 1 is 0.935 bits per heavy atom. The fraction of sp³-hybridized carbons (Fsp3) is 0.0833. The Morgan fingerprint density at radius 2 is 1.58 bits per heavy atom. The number of nitrogens with zero attached hydrogens (tertiary/aromatic N) is 1. The lowest BCUT2D eigenvalue weighted by atomic mass is 10.1. The zero-order valence-corrected chi connectivity index (χ0v) is 17.6. The third-order valence-corrected chi connectivity index (χ3v) is 6.80. The van der Waals surface area contributed by atoms with E-state index in [2.05, 4.69) is 5.32 Å². The summed E-state index contributed by atoms with van der Waals surface area (Å²) in [5.74, 6) is -0.629. The summed E-state index contributed by atoms with van der Waals surface area (Å²) in [6, 6.07) is 22.5. The average Bonchev–Trinajstić information content (AvgIpc) is 2.77. The van der Waals surface area contributed by atoms with Crippen molar-refractivity contribution < 1.29 is 18.0 Å². The fourth-order valence-corrected chi connectivity index (χ4v) is 4.92. The van der Waals surface area contributed by atoms with E-state index < -0.39 is 15.8 Å². The van der Waals surface area contributed by atoms with E-state index in [1.165, 1.54) is 17.4 Å². The first-order valence-electron chi connectivity index (χ1n) is 9.66. The van der Waals surface area contributed by atoms with Gasteiger partial charge in [0, 0.05) is 23.0 Å². The van der Waals surface area contributed by atoms with Crippen molar-refractivity contribution in [1.82, 2.24) is 0 Å². The molecule has 0 fully saturated rings. The highest BCUT2D eigenvalue weighted by atomic mass is 32.2. The third-order valence-electron chi connectivity index (χ3n) is 5.04. The van der Waals surface area contributed by atoms with E-state index in [-0.39, 0.29) is 17.2 Å². The minimum atomic E-state index is -4.09. The molecular weight excluding hydrogens is 412 g/mol. The lowest BCUT2D eigenvalue weighted by molar-refractivity contribution is 0.101. The highest BCUT2D eigenvalue weighted by Gasteiger charge is 2.39. The van der Waals surface area contributed by atoms with Crippen molar-refractivity contribution >= 4 is 33.0 Å². The van der Waals surface area contributed by atoms with E-state index in [0.29, 0.717) is 22.5 Å². The van der Waals surface area contributed by atoms with Gasteiger partial charge in [0.25, 0.3) is 10.0 Å². The van der Waals surface area contributed by atoms with Crippen LogP contribution in [0.4, 0.5) is 11.4 Å². The van der Waals surface area contributed by atoms with Gasteiger partial charge in [0.15, 0.2) is 10.7 Å². The molecule has 0 spiro atoms. The van der Waals surface area contributed by atoms with Crippen LogP contribution in [0.5, 0.6) is 0 Å². The second-order valence-electron chi connectivity index (χ2n) is 7.13. The molecule has 0 atom stereocenters. The topological polar surface area (TPSA) is 83.6 Å². The van der Waals surface area contributed by atoms with Crippen molar-refractivity contribution in [2.45, 2.75) is 13.5 Å². The van der Waals surface area contributed by atoms with Crippen LogP contribution in [0, 0.1) is 0 Å². The van der Waals surface area contributed by atoms with Crippen molar-refractivity contribution in [3.8, 4) is 0 Å². The molecule has 0 unspecified atom stereocenters. The van der Waals surface area contributed by atoms with Crippen molar-refractivity contribution in [1.29, 1.82) is 0 Å². The Balaban J connectivity index is 1.73. The summed E-state index contributed by atoms with van der Waals surface area (Å²) in [6.45, 7) is 1.58. The third kappa shape index (κ3) is 4.00. The summed E-state index contributed by atoms with van der Waals surface area (Å²) in [5.41, 5.74) is 2.60. The molecule has 1 heterocycles. The molecule has 7 heteroatoms. The highest BCUT2D eigenvalue weighted by Crippen LogP contribution is 2.36. The minimum absolute atomic E-state index is 0.0666. The second kappa shape index (κ2) is 8.20. The maximum absolute atomic E-state index is 13.4. The van der Waals surface area contributed by atoms with E-state index >= 15 is 0 Å². The SMILES string of the molecule is CC(=O)c1ccc(NC=C2C(=O)c3ccccc3N(Cc3ccccc3)S2(=O)=O)cc1. The first-order chi connectivity index (χ1) is 14.9. The number of rotatable bonds is 5. The van der Waals surface area contributed by atoms with Crippen LogP contribution in [0.15, 0.2) is 90.0 Å². The van der Waals surface area contributed by atoms with Gasteiger partial charge in [-0.3, -0.25) is 13.9 Å². The van der Waals surface area contributed by atoms with Crippen molar-refractivity contribution in [3.63, 3.8) is 0 Å². The number of sulfonamides is 1. The highest BCUT2D eigenvalue weighted by molar-refractivity contribution is 7.97. The first kappa shape index (κ1) is 20.6. The number of fused-ring (bicyclic) bond motifs is 1. The van der Waals surface area contributed by atoms with Crippen molar-refractivity contribution in [2.75, 3.05) is 9.62 Å². The van der Waals surface area contributed by atoms with Gasteiger partial charge in [0.1, 0.15) is 0 Å². The molecule has 1 aliphatic rings. The van der Waals surface area contributed by atoms with Gasteiger partial charge in [-0.1, -0.05) is 42.5 Å². The molecule has 1 N–H and O–H groups in total. The molecule has 0 saturated carbocycles. The maximum Gasteiger partial charge on any atom is 0.270 e. The molecule has 6 nitrogen and oxygen atoms in total. The van der Waals surface area contributed by atoms with Gasteiger partial charge in [-0.15, -0.1) is 0 Å². The molecule has 31 heavy (non-hydrogen) atoms. The molecule has 3 aromatic carbocycles. The van der Waals surface area contributed by atoms with Crippen LogP contribution in [-0.2, 0) is 16.6 Å². The van der Waals surface area contributed by atoms with E-state index in [9.17, 15) is 18.0 Å². The van der Waals surface area contributed by atoms with Crippen molar-refractivity contribution in [2.24, 2.45) is 0 Å². The van der Waals surface area contributed by atoms with Crippen LogP contribution >= 0.6 is 0 Å². The predicted octanol–water partition coefficient (Wildman–Crippen LogP) is 4.38. The van der Waals surface area contributed by atoms with Gasteiger partial charge in [-0.25, -0.2) is 8.42 Å². The molecule has 0 amide bonds. The number of para-hydroxylation sites is 1. The summed E-state index contributed by atoms with van der Waals surface area (Å²) in [7, 11) is -4.09. The Kier molecular flexibility index (Phi) is 5.44. The molecule has 3 aromatic rings. The average molecular weight is 433 g/mol. The summed E-state index contributed by atoms with van der Waals surface area (Å²) in [4.78, 5) is 24.1. The number of hydrogen-bond donors (Lipinski definition) is 1. The Hall–Kier alpha value is -3.71. The smallest absolute Gasteiger partial charge is 0.270 e. The van der Waals surface area contributed by atoms with Crippen LogP contribution in [0.2, 0.25) is 0 Å². The van der Waals surface area contributed by atoms with E-state index in [4.69, 9.17) is 0 Å². The molecular formula is C24H20N2O4S. The number of carbonyl (C=O) groups is 2. The molecule has 156 valence electrons. The van der Waals surface area contributed by atoms with Crippen LogP contribution in [0.25, 0.3) is 0 Å². The predicted molar refractivity (Wildman–Crippen MR) is 120 cm³/mol. The fourth-order valence-electron chi connectivity index (χ4n) is 3.39. The number of allylic oxidation sites excluding steroid dienone is 1. The van der Waals surface area contributed by atoms with Gasteiger partial charge in [-0.2, -0.15) is 0 Å². The summed E-state index contributed by atoms with van der Waals surface area (Å²) >= 11 is 0. The van der Waals surface area contributed by atoms with Gasteiger partial charge in [0.05, 0.1) is 12.2 Å². The monoisotopic (exact) mass is 432 g/mol. The van der Waals surface area contributed by atoms with Crippen molar-refractivity contribution in [3.05, 3.63) is 107 Å². The molecule has 1 aliphatic heterocycles.